The zero-order valence-corrected chi connectivity index (χ0v) is 23.1. The molecule has 1 aromatic rings. The van der Waals surface area contributed by atoms with Gasteiger partial charge in [0.2, 0.25) is 5.91 Å². The van der Waals surface area contributed by atoms with Gasteiger partial charge in [0.1, 0.15) is 0 Å². The summed E-state index contributed by atoms with van der Waals surface area (Å²) < 4.78 is 45.5. The van der Waals surface area contributed by atoms with Gasteiger partial charge in [0.15, 0.2) is 0 Å². The molecular formula is C28H43F3N4O3. The zero-order valence-electron chi connectivity index (χ0n) is 23.1. The largest absolute Gasteiger partial charge is 0.416 e. The summed E-state index contributed by atoms with van der Waals surface area (Å²) in [5, 5.41) is 5.66. The molecule has 38 heavy (non-hydrogen) atoms. The van der Waals surface area contributed by atoms with Crippen molar-refractivity contribution < 1.29 is 27.5 Å². The second kappa shape index (κ2) is 13.6. The summed E-state index contributed by atoms with van der Waals surface area (Å²) in [6.07, 6.45) is 0.338. The Bertz CT molecular complexity index is 934. The highest BCUT2D eigenvalue weighted by molar-refractivity contribution is 6.01. The number of rotatable bonds is 10. The van der Waals surface area contributed by atoms with Gasteiger partial charge < -0.3 is 20.3 Å². The number of alkyl halides is 3. The van der Waals surface area contributed by atoms with E-state index in [0.29, 0.717) is 50.0 Å². The first-order valence-corrected chi connectivity index (χ1v) is 13.9. The van der Waals surface area contributed by atoms with Gasteiger partial charge in [-0.1, -0.05) is 20.3 Å². The molecule has 10 heteroatoms. The molecule has 1 heterocycles. The van der Waals surface area contributed by atoms with Crippen LogP contribution in [0.25, 0.3) is 0 Å². The summed E-state index contributed by atoms with van der Waals surface area (Å²) in [6.45, 7) is 11.3. The molecule has 1 aliphatic carbocycles. The fourth-order valence-corrected chi connectivity index (χ4v) is 5.95. The molecule has 3 rings (SSSR count). The molecule has 2 aliphatic rings. The summed E-state index contributed by atoms with van der Waals surface area (Å²) in [7, 11) is 0. The Hall–Kier alpha value is -2.33. The third-order valence-electron chi connectivity index (χ3n) is 7.79. The van der Waals surface area contributed by atoms with Crippen molar-refractivity contribution in [3.05, 3.63) is 29.3 Å². The highest BCUT2D eigenvalue weighted by atomic mass is 19.4. The standard InChI is InChI=1S/C28H43F3N4O3/c1-5-7-20-16-22(35(6-2)19(3)4)9-10-24(20)33-26(36)18-32-27(37)23-17-21(28(29,30)31)8-11-25(23)34-12-14-38-15-13-34/h8,11,17,19-20,22,24H,5-7,9-10,12-16,18H2,1-4H3,(H,32,37)(H,33,36)/t20-,22-,24+/m1/s1. The van der Waals surface area contributed by atoms with E-state index in [1.807, 2.05) is 4.90 Å². The first-order chi connectivity index (χ1) is 18.0. The Kier molecular flexibility index (Phi) is 10.8. The lowest BCUT2D eigenvalue weighted by Crippen LogP contribution is -2.51. The van der Waals surface area contributed by atoms with Crippen molar-refractivity contribution in [1.29, 1.82) is 0 Å². The van der Waals surface area contributed by atoms with Crippen molar-refractivity contribution in [2.75, 3.05) is 44.3 Å². The van der Waals surface area contributed by atoms with Crippen LogP contribution in [0.4, 0.5) is 18.9 Å². The highest BCUT2D eigenvalue weighted by Crippen LogP contribution is 2.34. The molecule has 1 saturated carbocycles. The quantitative estimate of drug-likeness (QED) is 0.459. The minimum Gasteiger partial charge on any atom is -0.378 e. The lowest BCUT2D eigenvalue weighted by molar-refractivity contribution is -0.137. The Morgan fingerprint density at radius 1 is 1.16 bits per heavy atom. The van der Waals surface area contributed by atoms with Gasteiger partial charge in [-0.05, 0) is 70.2 Å². The van der Waals surface area contributed by atoms with Crippen LogP contribution >= 0.6 is 0 Å². The molecule has 214 valence electrons. The number of nitrogens with zero attached hydrogens (tertiary/aromatic N) is 2. The Morgan fingerprint density at radius 3 is 2.47 bits per heavy atom. The number of amides is 2. The van der Waals surface area contributed by atoms with Gasteiger partial charge >= 0.3 is 6.18 Å². The van der Waals surface area contributed by atoms with Gasteiger partial charge in [0.05, 0.1) is 30.9 Å². The van der Waals surface area contributed by atoms with Crippen LogP contribution in [0.1, 0.15) is 75.7 Å². The summed E-state index contributed by atoms with van der Waals surface area (Å²) in [4.78, 5) is 30.2. The average Bonchev–Trinajstić information content (AvgIpc) is 2.88. The van der Waals surface area contributed by atoms with Crippen molar-refractivity contribution in [2.24, 2.45) is 5.92 Å². The van der Waals surface area contributed by atoms with Crippen LogP contribution in [-0.2, 0) is 15.7 Å². The number of benzene rings is 1. The van der Waals surface area contributed by atoms with Crippen LogP contribution in [0, 0.1) is 5.92 Å². The van der Waals surface area contributed by atoms with Crippen molar-refractivity contribution in [3.8, 4) is 0 Å². The van der Waals surface area contributed by atoms with Gasteiger partial charge in [-0.3, -0.25) is 14.5 Å². The van der Waals surface area contributed by atoms with E-state index in [-0.39, 0.29) is 24.1 Å². The van der Waals surface area contributed by atoms with Gasteiger partial charge in [-0.2, -0.15) is 13.2 Å². The van der Waals surface area contributed by atoms with Crippen molar-refractivity contribution in [2.45, 2.75) is 84.1 Å². The first kappa shape index (κ1) is 30.2. The highest BCUT2D eigenvalue weighted by Gasteiger charge is 2.35. The van der Waals surface area contributed by atoms with Gasteiger partial charge in [0.25, 0.3) is 5.91 Å². The number of ether oxygens (including phenoxy) is 1. The molecule has 2 N–H and O–H groups in total. The molecule has 1 saturated heterocycles. The van der Waals surface area contributed by atoms with E-state index in [1.165, 1.54) is 6.07 Å². The molecule has 0 unspecified atom stereocenters. The molecule has 3 atom stereocenters. The molecule has 1 aromatic carbocycles. The Balaban J connectivity index is 1.65. The lowest BCUT2D eigenvalue weighted by Gasteiger charge is -2.43. The molecule has 0 radical (unpaired) electrons. The number of nitrogens with one attached hydrogen (secondary N) is 2. The maximum atomic E-state index is 13.4. The van der Waals surface area contributed by atoms with Crippen LogP contribution in [0.5, 0.6) is 0 Å². The van der Waals surface area contributed by atoms with Crippen LogP contribution in [0.2, 0.25) is 0 Å². The van der Waals surface area contributed by atoms with Crippen LogP contribution in [-0.4, -0.2) is 74.2 Å². The number of halogens is 3. The predicted molar refractivity (Wildman–Crippen MR) is 142 cm³/mol. The molecule has 0 spiro atoms. The van der Waals surface area contributed by atoms with Crippen molar-refractivity contribution in [1.82, 2.24) is 15.5 Å². The van der Waals surface area contributed by atoms with E-state index < -0.39 is 17.6 Å². The van der Waals surface area contributed by atoms with E-state index in [9.17, 15) is 22.8 Å². The number of hydrogen-bond donors (Lipinski definition) is 2. The summed E-state index contributed by atoms with van der Waals surface area (Å²) in [5.74, 6) is -0.668. The third kappa shape index (κ3) is 7.85. The summed E-state index contributed by atoms with van der Waals surface area (Å²) in [6, 6.07) is 4.16. The molecule has 2 amide bonds. The molecule has 0 bridgehead atoms. The molecule has 0 aromatic heterocycles. The number of morpholine rings is 1. The van der Waals surface area contributed by atoms with Crippen LogP contribution < -0.4 is 15.5 Å². The fraction of sp³-hybridized carbons (Fsp3) is 0.714. The predicted octanol–water partition coefficient (Wildman–Crippen LogP) is 4.46. The van der Waals surface area contributed by atoms with E-state index >= 15 is 0 Å². The number of anilines is 1. The first-order valence-electron chi connectivity index (χ1n) is 13.9. The van der Waals surface area contributed by atoms with E-state index in [1.54, 1.807) is 0 Å². The zero-order chi connectivity index (χ0) is 27.9. The SMILES string of the molecule is CCC[C@@H]1C[C@H](N(CC)C(C)C)CC[C@@H]1NC(=O)CNC(=O)c1cc(C(F)(F)F)ccc1N1CCOCC1. The second-order valence-corrected chi connectivity index (χ2v) is 10.6. The Morgan fingerprint density at radius 2 is 1.87 bits per heavy atom. The number of hydrogen-bond acceptors (Lipinski definition) is 5. The summed E-state index contributed by atoms with van der Waals surface area (Å²) in [5.41, 5.74) is -0.579. The second-order valence-electron chi connectivity index (χ2n) is 10.6. The maximum Gasteiger partial charge on any atom is 0.416 e. The molecular weight excluding hydrogens is 497 g/mol. The van der Waals surface area contributed by atoms with E-state index in [0.717, 1.165) is 50.8 Å². The third-order valence-corrected chi connectivity index (χ3v) is 7.79. The van der Waals surface area contributed by atoms with Gasteiger partial charge in [0, 0.05) is 36.9 Å². The average molecular weight is 541 g/mol. The van der Waals surface area contributed by atoms with E-state index in [4.69, 9.17) is 4.74 Å². The van der Waals surface area contributed by atoms with Gasteiger partial charge in [-0.15, -0.1) is 0 Å². The molecule has 7 nitrogen and oxygen atoms in total. The van der Waals surface area contributed by atoms with Crippen molar-refractivity contribution >= 4 is 17.5 Å². The lowest BCUT2D eigenvalue weighted by atomic mass is 9.78. The normalized spacial score (nSPS) is 22.6. The summed E-state index contributed by atoms with van der Waals surface area (Å²) >= 11 is 0. The van der Waals surface area contributed by atoms with E-state index in [2.05, 4.69) is 43.2 Å². The maximum absolute atomic E-state index is 13.4. The minimum absolute atomic E-state index is 0.0268. The monoisotopic (exact) mass is 540 g/mol. The fourth-order valence-electron chi connectivity index (χ4n) is 5.95. The molecule has 1 aliphatic heterocycles. The minimum atomic E-state index is -4.58. The number of carbonyl (C=O) groups excluding carboxylic acids is 2. The van der Waals surface area contributed by atoms with Gasteiger partial charge in [-0.25, -0.2) is 0 Å². The Labute approximate surface area is 224 Å². The molecule has 2 fully saturated rings. The van der Waals surface area contributed by atoms with Crippen LogP contribution in [0.15, 0.2) is 18.2 Å². The number of carbonyl (C=O) groups is 2. The van der Waals surface area contributed by atoms with Crippen LogP contribution in [0.3, 0.4) is 0 Å². The topological polar surface area (TPSA) is 73.9 Å². The van der Waals surface area contributed by atoms with Crippen molar-refractivity contribution in [3.63, 3.8) is 0 Å². The smallest absolute Gasteiger partial charge is 0.378 e.